The molecule has 0 aliphatic carbocycles. The minimum absolute atomic E-state index is 0.643. The second-order valence-electron chi connectivity index (χ2n) is 2.30. The quantitative estimate of drug-likeness (QED) is 0.506. The molecule has 0 aromatic rings. The number of hydrogen-bond donors (Lipinski definition) is 0. The Kier molecular flexibility index (Phi) is 5.11. The molecule has 0 aliphatic heterocycles. The highest BCUT2D eigenvalue weighted by Gasteiger charge is 1.88. The Balaban J connectivity index is 3.07. The Bertz CT molecular complexity index is 91.2. The van der Waals surface area contributed by atoms with Gasteiger partial charge in [0.1, 0.15) is 0 Å². The van der Waals surface area contributed by atoms with Gasteiger partial charge in [-0.05, 0) is 6.54 Å². The Morgan fingerprint density at radius 2 is 2.22 bits per heavy atom. The first kappa shape index (κ1) is 8.36. The highest BCUT2D eigenvalue weighted by molar-refractivity contribution is 4.78. The monoisotopic (exact) mass is 123 g/mol. The maximum absolute atomic E-state index is 6.49. The van der Waals surface area contributed by atoms with Gasteiger partial charge in [-0.25, -0.2) is 0 Å². The van der Waals surface area contributed by atoms with Crippen molar-refractivity contribution in [3.8, 4) is 0 Å². The van der Waals surface area contributed by atoms with Gasteiger partial charge in [-0.3, -0.25) is 6.57 Å². The average Bonchev–Trinajstić information content (AvgIpc) is 1.85. The standard InChI is InChI=1S/C8H13N/c1-4-5-8(2)6-7-9-3/h4,7-8H,5-6H2,1-2H3/q-2. The summed E-state index contributed by atoms with van der Waals surface area (Å²) in [5.74, 6) is 0.643. The summed E-state index contributed by atoms with van der Waals surface area (Å²) < 4.78 is 0. The van der Waals surface area contributed by atoms with Crippen LogP contribution < -0.4 is 0 Å². The van der Waals surface area contributed by atoms with Crippen LogP contribution in [0.25, 0.3) is 4.85 Å². The van der Waals surface area contributed by atoms with E-state index in [1.54, 1.807) is 6.54 Å². The maximum Gasteiger partial charge on any atom is -0.0408 e. The predicted molar refractivity (Wildman–Crippen MR) is 39.3 cm³/mol. The van der Waals surface area contributed by atoms with Crippen LogP contribution in [0.3, 0.4) is 0 Å². The van der Waals surface area contributed by atoms with Gasteiger partial charge in [-0.15, -0.1) is 0 Å². The summed E-state index contributed by atoms with van der Waals surface area (Å²) in [5.41, 5.74) is 0. The fraction of sp³-hybridized carbons (Fsp3) is 0.625. The molecule has 9 heavy (non-hydrogen) atoms. The molecule has 1 heteroatoms. The van der Waals surface area contributed by atoms with Crippen molar-refractivity contribution in [1.82, 2.24) is 0 Å². The molecule has 0 spiro atoms. The summed E-state index contributed by atoms with van der Waals surface area (Å²) in [6.07, 6.45) is 4.18. The van der Waals surface area contributed by atoms with Gasteiger partial charge >= 0.3 is 0 Å². The second-order valence-corrected chi connectivity index (χ2v) is 2.30. The summed E-state index contributed by atoms with van der Waals surface area (Å²) >= 11 is 0. The zero-order valence-electron chi connectivity index (χ0n) is 6.09. The Morgan fingerprint density at radius 3 is 2.67 bits per heavy atom. The third-order valence-corrected chi connectivity index (χ3v) is 1.24. The van der Waals surface area contributed by atoms with Crippen molar-refractivity contribution >= 4 is 0 Å². The lowest BCUT2D eigenvalue weighted by atomic mass is 10.0. The molecule has 1 atom stereocenters. The van der Waals surface area contributed by atoms with Gasteiger partial charge in [-0.2, -0.15) is 13.3 Å². The molecule has 0 rings (SSSR count). The maximum atomic E-state index is 6.49. The second kappa shape index (κ2) is 5.50. The van der Waals surface area contributed by atoms with Gasteiger partial charge in [0.15, 0.2) is 0 Å². The summed E-state index contributed by atoms with van der Waals surface area (Å²) in [4.78, 5) is 3.17. The van der Waals surface area contributed by atoms with E-state index in [0.29, 0.717) is 5.92 Å². The lowest BCUT2D eigenvalue weighted by Gasteiger charge is -2.14. The van der Waals surface area contributed by atoms with Gasteiger partial charge in [0, 0.05) is 0 Å². The van der Waals surface area contributed by atoms with Crippen LogP contribution in [0.4, 0.5) is 0 Å². The molecule has 0 aromatic carbocycles. The molecular weight excluding hydrogens is 110 g/mol. The van der Waals surface area contributed by atoms with Crippen LogP contribution in [0, 0.1) is 25.5 Å². The van der Waals surface area contributed by atoms with Crippen molar-refractivity contribution in [2.24, 2.45) is 5.92 Å². The van der Waals surface area contributed by atoms with Crippen molar-refractivity contribution in [3.63, 3.8) is 0 Å². The van der Waals surface area contributed by atoms with Gasteiger partial charge in [0.05, 0.1) is 0 Å². The van der Waals surface area contributed by atoms with E-state index < -0.39 is 0 Å². The molecule has 0 aliphatic rings. The topological polar surface area (TPSA) is 4.36 Å². The van der Waals surface area contributed by atoms with E-state index in [1.165, 1.54) is 0 Å². The zero-order chi connectivity index (χ0) is 7.11. The molecule has 0 saturated heterocycles. The summed E-state index contributed by atoms with van der Waals surface area (Å²) in [6, 6.07) is 0. The molecule has 52 valence electrons. The van der Waals surface area contributed by atoms with Gasteiger partial charge < -0.3 is 11.3 Å². The van der Waals surface area contributed by atoms with Crippen LogP contribution in [0.2, 0.25) is 0 Å². The van der Waals surface area contributed by atoms with Crippen molar-refractivity contribution in [3.05, 3.63) is 24.4 Å². The van der Waals surface area contributed by atoms with E-state index in [9.17, 15) is 0 Å². The molecular formula is C8H13N-2. The van der Waals surface area contributed by atoms with Crippen LogP contribution >= 0.6 is 0 Å². The first-order chi connectivity index (χ1) is 4.31. The van der Waals surface area contributed by atoms with Crippen molar-refractivity contribution in [2.75, 3.05) is 0 Å². The van der Waals surface area contributed by atoms with Crippen LogP contribution in [-0.2, 0) is 0 Å². The molecule has 0 aromatic heterocycles. The van der Waals surface area contributed by atoms with Gasteiger partial charge in [0.2, 0.25) is 0 Å². The molecule has 1 nitrogen and oxygen atoms in total. The highest BCUT2D eigenvalue weighted by Crippen LogP contribution is 2.10. The first-order valence-electron chi connectivity index (χ1n) is 3.27. The average molecular weight is 123 g/mol. The molecule has 0 amide bonds. The fourth-order valence-corrected chi connectivity index (χ4v) is 0.731. The van der Waals surface area contributed by atoms with Crippen LogP contribution in [0.15, 0.2) is 0 Å². The van der Waals surface area contributed by atoms with Crippen molar-refractivity contribution in [1.29, 1.82) is 0 Å². The first-order valence-corrected chi connectivity index (χ1v) is 3.27. The summed E-state index contributed by atoms with van der Waals surface area (Å²) in [7, 11) is 0. The normalized spacial score (nSPS) is 12.1. The molecule has 1 unspecified atom stereocenters. The Hall–Kier alpha value is -0.640. The third-order valence-electron chi connectivity index (χ3n) is 1.24. The molecule has 0 heterocycles. The Labute approximate surface area is 57.9 Å². The van der Waals surface area contributed by atoms with E-state index in [0.717, 1.165) is 12.8 Å². The van der Waals surface area contributed by atoms with Crippen LogP contribution in [-0.4, -0.2) is 0 Å². The lowest BCUT2D eigenvalue weighted by molar-refractivity contribution is 0.570. The molecule has 0 saturated carbocycles. The van der Waals surface area contributed by atoms with E-state index >= 15 is 0 Å². The fourth-order valence-electron chi connectivity index (χ4n) is 0.731. The Morgan fingerprint density at radius 1 is 1.56 bits per heavy atom. The molecule has 0 radical (unpaired) electrons. The molecule has 0 bridgehead atoms. The number of nitrogens with zero attached hydrogens (tertiary/aromatic N) is 1. The zero-order valence-corrected chi connectivity index (χ0v) is 6.09. The predicted octanol–water partition coefficient (Wildman–Crippen LogP) is 2.71. The third kappa shape index (κ3) is 5.23. The minimum Gasteiger partial charge on any atom is -0.461 e. The van der Waals surface area contributed by atoms with Crippen molar-refractivity contribution in [2.45, 2.75) is 26.7 Å². The summed E-state index contributed by atoms with van der Waals surface area (Å²) in [6.45, 7) is 12.3. The number of hydrogen-bond acceptors (Lipinski definition) is 0. The summed E-state index contributed by atoms with van der Waals surface area (Å²) in [5, 5.41) is 0. The van der Waals surface area contributed by atoms with Crippen LogP contribution in [0.5, 0.6) is 0 Å². The van der Waals surface area contributed by atoms with E-state index in [2.05, 4.69) is 18.2 Å². The van der Waals surface area contributed by atoms with Gasteiger partial charge in [0.25, 0.3) is 0 Å². The minimum atomic E-state index is 0.643. The molecule has 0 N–H and O–H groups in total. The number of rotatable bonds is 4. The highest BCUT2D eigenvalue weighted by atomic mass is 14.6. The van der Waals surface area contributed by atoms with Crippen molar-refractivity contribution < 1.29 is 0 Å². The van der Waals surface area contributed by atoms with Crippen LogP contribution in [0.1, 0.15) is 26.7 Å². The van der Waals surface area contributed by atoms with E-state index in [1.807, 2.05) is 6.92 Å². The SMILES string of the molecule is [C-]#[N+][CH-]CC(C)C[CH-]C. The largest absolute Gasteiger partial charge is 0.461 e. The van der Waals surface area contributed by atoms with E-state index in [4.69, 9.17) is 6.57 Å². The molecule has 0 fully saturated rings. The van der Waals surface area contributed by atoms with Gasteiger partial charge in [-0.1, -0.05) is 19.3 Å². The smallest absolute Gasteiger partial charge is 0.0408 e. The van der Waals surface area contributed by atoms with E-state index in [-0.39, 0.29) is 0 Å². The lowest BCUT2D eigenvalue weighted by Crippen LogP contribution is -1.92.